The van der Waals surface area contributed by atoms with E-state index in [1.807, 2.05) is 6.92 Å². The Balaban J connectivity index is 3.05. The average molecular weight is 246 g/mol. The normalized spacial score (nSPS) is 12.4. The zero-order chi connectivity index (χ0) is 12.8. The molecule has 17 heavy (non-hydrogen) atoms. The molecule has 0 fully saturated rings. The Morgan fingerprint density at radius 2 is 1.82 bits per heavy atom. The summed E-state index contributed by atoms with van der Waals surface area (Å²) in [6, 6.07) is 4.47. The van der Waals surface area contributed by atoms with Crippen molar-refractivity contribution in [1.29, 1.82) is 0 Å². The van der Waals surface area contributed by atoms with Crippen LogP contribution in [0.2, 0.25) is 0 Å². The molecule has 94 valence electrons. The van der Waals surface area contributed by atoms with Crippen LogP contribution < -0.4 is 4.74 Å². The second-order valence-corrected chi connectivity index (χ2v) is 3.15. The highest BCUT2D eigenvalue weighted by atomic mass is 19.3. The van der Waals surface area contributed by atoms with Crippen molar-refractivity contribution in [2.45, 2.75) is 13.3 Å². The van der Waals surface area contributed by atoms with E-state index in [0.717, 1.165) is 7.11 Å². The summed E-state index contributed by atoms with van der Waals surface area (Å²) in [7, 11) is 1.01. The quantitative estimate of drug-likeness (QED) is 0.738. The lowest BCUT2D eigenvalue weighted by Crippen LogP contribution is -2.01. The lowest BCUT2D eigenvalue weighted by Gasteiger charge is -2.09. The smallest absolute Gasteiger partial charge is 0.282 e. The molecule has 0 spiro atoms. The molecule has 0 aliphatic heterocycles. The van der Waals surface area contributed by atoms with Gasteiger partial charge in [0.25, 0.3) is 12.4 Å². The van der Waals surface area contributed by atoms with Crippen LogP contribution in [0.4, 0.5) is 13.2 Å². The molecule has 0 saturated carbocycles. The van der Waals surface area contributed by atoms with Gasteiger partial charge in [0.15, 0.2) is 0 Å². The van der Waals surface area contributed by atoms with Crippen molar-refractivity contribution in [3.63, 3.8) is 0 Å². The van der Waals surface area contributed by atoms with Gasteiger partial charge in [-0.25, -0.2) is 8.78 Å². The minimum Gasteiger partial charge on any atom is -0.494 e. The van der Waals surface area contributed by atoms with Crippen LogP contribution in [0.1, 0.15) is 12.5 Å². The fourth-order valence-corrected chi connectivity index (χ4v) is 1.33. The van der Waals surface area contributed by atoms with Crippen molar-refractivity contribution in [3.05, 3.63) is 35.8 Å². The highest BCUT2D eigenvalue weighted by Crippen LogP contribution is 2.28. The van der Waals surface area contributed by atoms with Crippen LogP contribution in [0, 0.1) is 0 Å². The van der Waals surface area contributed by atoms with Gasteiger partial charge in [-0.3, -0.25) is 0 Å². The number of allylic oxidation sites excluding steroid dienone is 1. The van der Waals surface area contributed by atoms with Crippen molar-refractivity contribution in [2.24, 2.45) is 0 Å². The van der Waals surface area contributed by atoms with Gasteiger partial charge >= 0.3 is 0 Å². The third-order valence-electron chi connectivity index (χ3n) is 2.09. The monoisotopic (exact) mass is 246 g/mol. The Hall–Kier alpha value is -1.65. The van der Waals surface area contributed by atoms with Crippen LogP contribution in [0.25, 0.3) is 5.57 Å². The number of hydrogen-bond acceptors (Lipinski definition) is 2. The molecule has 5 heteroatoms. The van der Waals surface area contributed by atoms with Gasteiger partial charge in [0.2, 0.25) is 0 Å². The summed E-state index contributed by atoms with van der Waals surface area (Å²) in [6.45, 7) is 2.28. The molecule has 0 N–H and O–H groups in total. The average Bonchev–Trinajstić information content (AvgIpc) is 2.31. The van der Waals surface area contributed by atoms with E-state index in [1.165, 1.54) is 24.3 Å². The number of methoxy groups -OCH3 is 1. The molecule has 1 rings (SSSR count). The minimum atomic E-state index is -2.94. The van der Waals surface area contributed by atoms with E-state index in [-0.39, 0.29) is 5.56 Å². The van der Waals surface area contributed by atoms with Crippen LogP contribution in [0.15, 0.2) is 30.3 Å². The molecule has 0 aromatic heterocycles. The Labute approximate surface area is 97.7 Å². The van der Waals surface area contributed by atoms with Crippen LogP contribution >= 0.6 is 0 Å². The molecular weight excluding hydrogens is 233 g/mol. The summed E-state index contributed by atoms with van der Waals surface area (Å²) < 4.78 is 47.8. The molecule has 0 aliphatic rings. The topological polar surface area (TPSA) is 18.5 Å². The van der Waals surface area contributed by atoms with Gasteiger partial charge in [-0.05, 0) is 24.6 Å². The third-order valence-corrected chi connectivity index (χ3v) is 2.09. The van der Waals surface area contributed by atoms with Crippen LogP contribution in [0.3, 0.4) is 0 Å². The summed E-state index contributed by atoms with van der Waals surface area (Å²) in [6.07, 6.45) is -2.94. The third kappa shape index (κ3) is 3.41. The number of hydrogen-bond donors (Lipinski definition) is 0. The first-order chi connectivity index (χ1) is 8.10. The van der Waals surface area contributed by atoms with E-state index in [2.05, 4.69) is 4.74 Å². The summed E-state index contributed by atoms with van der Waals surface area (Å²) in [5.74, 6) is 0.544. The number of ether oxygens (including phenoxy) is 2. The molecule has 1 aromatic rings. The van der Waals surface area contributed by atoms with Crippen molar-refractivity contribution in [2.75, 3.05) is 13.7 Å². The predicted molar refractivity (Wildman–Crippen MR) is 58.7 cm³/mol. The molecule has 0 aliphatic carbocycles. The van der Waals surface area contributed by atoms with Crippen molar-refractivity contribution in [1.82, 2.24) is 0 Å². The lowest BCUT2D eigenvalue weighted by molar-refractivity contribution is 0.175. The second-order valence-electron chi connectivity index (χ2n) is 3.15. The maximum absolute atomic E-state index is 13.1. The van der Waals surface area contributed by atoms with E-state index < -0.39 is 18.0 Å². The standard InChI is InChI=1S/C12H13F3O2/c1-3-17-9-6-4-8(5-7-9)10(11(13)14)12(15)16-2/h4-7,11H,3H2,1-2H3. The second kappa shape index (κ2) is 6.18. The Morgan fingerprint density at radius 3 is 2.24 bits per heavy atom. The molecule has 2 nitrogen and oxygen atoms in total. The molecule has 0 radical (unpaired) electrons. The van der Waals surface area contributed by atoms with Gasteiger partial charge in [0.05, 0.1) is 19.3 Å². The highest BCUT2D eigenvalue weighted by molar-refractivity contribution is 5.68. The van der Waals surface area contributed by atoms with Gasteiger partial charge < -0.3 is 9.47 Å². The van der Waals surface area contributed by atoms with Crippen molar-refractivity contribution < 1.29 is 22.6 Å². The van der Waals surface area contributed by atoms with Gasteiger partial charge in [-0.15, -0.1) is 0 Å². The lowest BCUT2D eigenvalue weighted by atomic mass is 10.1. The molecule has 0 heterocycles. The number of benzene rings is 1. The molecule has 0 unspecified atom stereocenters. The molecule has 0 amide bonds. The van der Waals surface area contributed by atoms with Gasteiger partial charge in [0, 0.05) is 0 Å². The number of halogens is 3. The zero-order valence-corrected chi connectivity index (χ0v) is 9.54. The van der Waals surface area contributed by atoms with Crippen molar-refractivity contribution >= 4 is 5.57 Å². The number of alkyl halides is 2. The Bertz CT molecular complexity index is 385. The minimum absolute atomic E-state index is 0.0720. The van der Waals surface area contributed by atoms with Crippen LogP contribution in [-0.4, -0.2) is 20.1 Å². The first-order valence-corrected chi connectivity index (χ1v) is 5.05. The van der Waals surface area contributed by atoms with Gasteiger partial charge in [-0.2, -0.15) is 4.39 Å². The van der Waals surface area contributed by atoms with Gasteiger partial charge in [0.1, 0.15) is 5.75 Å². The van der Waals surface area contributed by atoms with Crippen molar-refractivity contribution in [3.8, 4) is 5.75 Å². The largest absolute Gasteiger partial charge is 0.494 e. The molecule has 1 aromatic carbocycles. The van der Waals surface area contributed by atoms with E-state index in [0.29, 0.717) is 12.4 Å². The summed E-state index contributed by atoms with van der Waals surface area (Å²) in [4.78, 5) is 0. The van der Waals surface area contributed by atoms with E-state index in [1.54, 1.807) is 0 Å². The first-order valence-electron chi connectivity index (χ1n) is 5.05. The fraction of sp³-hybridized carbons (Fsp3) is 0.333. The zero-order valence-electron chi connectivity index (χ0n) is 9.54. The van der Waals surface area contributed by atoms with E-state index >= 15 is 0 Å². The SMILES string of the molecule is CCOc1ccc(C(=C(F)OC)C(F)F)cc1. The van der Waals surface area contributed by atoms with Crippen LogP contribution in [-0.2, 0) is 4.74 Å². The maximum atomic E-state index is 13.1. The molecule has 0 saturated heterocycles. The Morgan fingerprint density at radius 1 is 1.24 bits per heavy atom. The summed E-state index contributed by atoms with van der Waals surface area (Å²) in [5.41, 5.74) is -0.682. The predicted octanol–water partition coefficient (Wildman–Crippen LogP) is 3.63. The van der Waals surface area contributed by atoms with E-state index in [9.17, 15) is 13.2 Å². The first kappa shape index (κ1) is 13.4. The summed E-state index contributed by atoms with van der Waals surface area (Å²) >= 11 is 0. The number of rotatable bonds is 5. The fourth-order valence-electron chi connectivity index (χ4n) is 1.33. The molecular formula is C12H13F3O2. The summed E-state index contributed by atoms with van der Waals surface area (Å²) in [5, 5.41) is 0. The maximum Gasteiger partial charge on any atom is 0.282 e. The van der Waals surface area contributed by atoms with E-state index in [4.69, 9.17) is 4.74 Å². The van der Waals surface area contributed by atoms with Gasteiger partial charge in [-0.1, -0.05) is 12.1 Å². The Kier molecular flexibility index (Phi) is 4.87. The van der Waals surface area contributed by atoms with Crippen LogP contribution in [0.5, 0.6) is 5.75 Å². The highest BCUT2D eigenvalue weighted by Gasteiger charge is 2.20. The molecule has 0 bridgehead atoms. The molecule has 0 atom stereocenters.